The second kappa shape index (κ2) is 6.59. The second-order valence-electron chi connectivity index (χ2n) is 5.99. The molecule has 110 valence electrons. The number of para-hydroxylation sites is 1. The van der Waals surface area contributed by atoms with Gasteiger partial charge in [0.25, 0.3) is 0 Å². The summed E-state index contributed by atoms with van der Waals surface area (Å²) >= 11 is 0. The van der Waals surface area contributed by atoms with Crippen LogP contribution in [0.2, 0.25) is 0 Å². The van der Waals surface area contributed by atoms with E-state index < -0.39 is 0 Å². The first-order valence-corrected chi connectivity index (χ1v) is 8.05. The van der Waals surface area contributed by atoms with Crippen molar-refractivity contribution in [3.8, 4) is 5.75 Å². The molecule has 1 aromatic carbocycles. The van der Waals surface area contributed by atoms with Crippen molar-refractivity contribution >= 4 is 0 Å². The van der Waals surface area contributed by atoms with Gasteiger partial charge in [-0.05, 0) is 44.5 Å². The maximum absolute atomic E-state index is 5.80. The van der Waals surface area contributed by atoms with Crippen molar-refractivity contribution in [2.75, 3.05) is 32.8 Å². The number of benzene rings is 1. The van der Waals surface area contributed by atoms with Crippen molar-refractivity contribution in [1.82, 2.24) is 10.2 Å². The highest BCUT2D eigenvalue weighted by atomic mass is 16.5. The fraction of sp³-hybridized carbons (Fsp3) is 0.647. The number of piperidine rings is 1. The third kappa shape index (κ3) is 2.99. The normalized spacial score (nSPS) is 26.1. The molecule has 3 rings (SSSR count). The highest BCUT2D eigenvalue weighted by Crippen LogP contribution is 2.36. The van der Waals surface area contributed by atoms with Gasteiger partial charge in [-0.25, -0.2) is 0 Å². The van der Waals surface area contributed by atoms with Gasteiger partial charge >= 0.3 is 0 Å². The Labute approximate surface area is 122 Å². The van der Waals surface area contributed by atoms with Gasteiger partial charge in [-0.2, -0.15) is 0 Å². The topological polar surface area (TPSA) is 24.5 Å². The van der Waals surface area contributed by atoms with Gasteiger partial charge in [0.2, 0.25) is 0 Å². The number of nitrogens with one attached hydrogen (secondary N) is 1. The number of hydrogen-bond acceptors (Lipinski definition) is 3. The maximum atomic E-state index is 5.80. The van der Waals surface area contributed by atoms with Crippen molar-refractivity contribution in [2.24, 2.45) is 5.92 Å². The number of fused-ring (bicyclic) bond motifs is 1. The first-order valence-electron chi connectivity index (χ1n) is 8.05. The first-order chi connectivity index (χ1) is 9.88. The fourth-order valence-electron chi connectivity index (χ4n) is 3.59. The Morgan fingerprint density at radius 1 is 1.30 bits per heavy atom. The summed E-state index contributed by atoms with van der Waals surface area (Å²) in [5.41, 5.74) is 1.38. The van der Waals surface area contributed by atoms with E-state index in [9.17, 15) is 0 Å². The summed E-state index contributed by atoms with van der Waals surface area (Å²) in [4.78, 5) is 2.65. The summed E-state index contributed by atoms with van der Waals surface area (Å²) in [5, 5.41) is 3.54. The SMILES string of the molecule is CCN(CC1CCCNC1)C1CCOc2ccccc21. The minimum absolute atomic E-state index is 0.534. The lowest BCUT2D eigenvalue weighted by Crippen LogP contribution is -2.41. The molecule has 1 saturated heterocycles. The van der Waals surface area contributed by atoms with Gasteiger partial charge in [-0.1, -0.05) is 25.1 Å². The quantitative estimate of drug-likeness (QED) is 0.913. The van der Waals surface area contributed by atoms with Crippen LogP contribution in [0.1, 0.15) is 37.8 Å². The summed E-state index contributed by atoms with van der Waals surface area (Å²) < 4.78 is 5.80. The van der Waals surface area contributed by atoms with Gasteiger partial charge in [0.15, 0.2) is 0 Å². The summed E-state index contributed by atoms with van der Waals surface area (Å²) in [7, 11) is 0. The Bertz CT molecular complexity index is 429. The standard InChI is InChI=1S/C17H26N2O/c1-2-19(13-14-6-5-10-18-12-14)16-9-11-20-17-8-4-3-7-15(16)17/h3-4,7-8,14,16,18H,2,5-6,9-13H2,1H3. The average molecular weight is 274 g/mol. The van der Waals surface area contributed by atoms with Crippen LogP contribution in [-0.2, 0) is 0 Å². The van der Waals surface area contributed by atoms with Gasteiger partial charge in [0.05, 0.1) is 6.61 Å². The number of rotatable bonds is 4. The smallest absolute Gasteiger partial charge is 0.124 e. The second-order valence-corrected chi connectivity index (χ2v) is 5.99. The Kier molecular flexibility index (Phi) is 4.58. The van der Waals surface area contributed by atoms with Gasteiger partial charge < -0.3 is 10.1 Å². The van der Waals surface area contributed by atoms with E-state index in [1.807, 2.05) is 0 Å². The molecule has 3 heteroatoms. The largest absolute Gasteiger partial charge is 0.493 e. The highest BCUT2D eigenvalue weighted by Gasteiger charge is 2.27. The molecule has 1 N–H and O–H groups in total. The molecule has 0 aromatic heterocycles. The van der Waals surface area contributed by atoms with Gasteiger partial charge in [0, 0.05) is 24.6 Å². The van der Waals surface area contributed by atoms with Crippen LogP contribution < -0.4 is 10.1 Å². The third-order valence-corrected chi connectivity index (χ3v) is 4.67. The lowest BCUT2D eigenvalue weighted by atomic mass is 9.95. The summed E-state index contributed by atoms with van der Waals surface area (Å²) in [6.07, 6.45) is 3.81. The molecule has 3 nitrogen and oxygen atoms in total. The number of hydrogen-bond donors (Lipinski definition) is 1. The fourth-order valence-corrected chi connectivity index (χ4v) is 3.59. The van der Waals surface area contributed by atoms with Gasteiger partial charge in [-0.3, -0.25) is 4.90 Å². The van der Waals surface area contributed by atoms with E-state index in [4.69, 9.17) is 4.74 Å². The van der Waals surface area contributed by atoms with Crippen LogP contribution in [0.15, 0.2) is 24.3 Å². The molecule has 2 aliphatic rings. The zero-order chi connectivity index (χ0) is 13.8. The molecule has 2 aliphatic heterocycles. The predicted octanol–water partition coefficient (Wildman–Crippen LogP) is 2.83. The minimum atomic E-state index is 0.534. The van der Waals surface area contributed by atoms with E-state index in [1.54, 1.807) is 0 Å². The van der Waals surface area contributed by atoms with Crippen molar-refractivity contribution in [3.63, 3.8) is 0 Å². The van der Waals surface area contributed by atoms with E-state index in [-0.39, 0.29) is 0 Å². The molecular weight excluding hydrogens is 248 g/mol. The van der Waals surface area contributed by atoms with E-state index in [2.05, 4.69) is 41.4 Å². The van der Waals surface area contributed by atoms with Crippen molar-refractivity contribution in [1.29, 1.82) is 0 Å². The average Bonchev–Trinajstić information content (AvgIpc) is 2.53. The monoisotopic (exact) mass is 274 g/mol. The van der Waals surface area contributed by atoms with Gasteiger partial charge in [0.1, 0.15) is 5.75 Å². The molecule has 20 heavy (non-hydrogen) atoms. The Morgan fingerprint density at radius 3 is 3.00 bits per heavy atom. The molecule has 0 bridgehead atoms. The molecule has 0 radical (unpaired) electrons. The lowest BCUT2D eigenvalue weighted by molar-refractivity contribution is 0.120. The molecule has 2 unspecified atom stereocenters. The zero-order valence-electron chi connectivity index (χ0n) is 12.5. The predicted molar refractivity (Wildman–Crippen MR) is 82.1 cm³/mol. The van der Waals surface area contributed by atoms with Crippen LogP contribution in [-0.4, -0.2) is 37.7 Å². The van der Waals surface area contributed by atoms with Crippen LogP contribution >= 0.6 is 0 Å². The summed E-state index contributed by atoms with van der Waals surface area (Å²) in [5.74, 6) is 1.89. The maximum Gasteiger partial charge on any atom is 0.124 e. The Morgan fingerprint density at radius 2 is 2.20 bits per heavy atom. The number of ether oxygens (including phenoxy) is 1. The molecule has 1 aromatic rings. The summed E-state index contributed by atoms with van der Waals surface area (Å²) in [6.45, 7) is 7.84. The van der Waals surface area contributed by atoms with Crippen LogP contribution in [0.3, 0.4) is 0 Å². The molecule has 0 aliphatic carbocycles. The van der Waals surface area contributed by atoms with Crippen molar-refractivity contribution in [3.05, 3.63) is 29.8 Å². The van der Waals surface area contributed by atoms with E-state index in [0.717, 1.165) is 31.2 Å². The van der Waals surface area contributed by atoms with Crippen LogP contribution in [0, 0.1) is 5.92 Å². The molecule has 0 saturated carbocycles. The van der Waals surface area contributed by atoms with Crippen molar-refractivity contribution in [2.45, 2.75) is 32.2 Å². The molecule has 2 heterocycles. The Hall–Kier alpha value is -1.06. The first kappa shape index (κ1) is 13.9. The van der Waals surface area contributed by atoms with E-state index in [1.165, 1.54) is 38.0 Å². The van der Waals surface area contributed by atoms with Gasteiger partial charge in [-0.15, -0.1) is 0 Å². The minimum Gasteiger partial charge on any atom is -0.493 e. The lowest BCUT2D eigenvalue weighted by Gasteiger charge is -2.38. The number of nitrogens with zero attached hydrogens (tertiary/aromatic N) is 1. The molecule has 0 amide bonds. The molecule has 2 atom stereocenters. The molecule has 0 spiro atoms. The Balaban J connectivity index is 1.72. The summed E-state index contributed by atoms with van der Waals surface area (Å²) in [6, 6.07) is 9.09. The van der Waals surface area contributed by atoms with Crippen LogP contribution in [0.4, 0.5) is 0 Å². The van der Waals surface area contributed by atoms with E-state index >= 15 is 0 Å². The van der Waals surface area contributed by atoms with Crippen LogP contribution in [0.5, 0.6) is 5.75 Å². The highest BCUT2D eigenvalue weighted by molar-refractivity contribution is 5.37. The molecule has 1 fully saturated rings. The van der Waals surface area contributed by atoms with Crippen molar-refractivity contribution < 1.29 is 4.74 Å². The zero-order valence-corrected chi connectivity index (χ0v) is 12.5. The van der Waals surface area contributed by atoms with Crippen LogP contribution in [0.25, 0.3) is 0 Å². The third-order valence-electron chi connectivity index (χ3n) is 4.67. The van der Waals surface area contributed by atoms with E-state index in [0.29, 0.717) is 6.04 Å². The molecular formula is C17H26N2O.